The van der Waals surface area contributed by atoms with Crippen molar-refractivity contribution in [2.75, 3.05) is 39.0 Å². The molecule has 0 amide bonds. The zero-order valence-electron chi connectivity index (χ0n) is 17.8. The minimum Gasteiger partial charge on any atom is -0.357 e. The van der Waals surface area contributed by atoms with E-state index in [0.717, 1.165) is 43.1 Å². The molecule has 6 nitrogen and oxygen atoms in total. The van der Waals surface area contributed by atoms with Crippen LogP contribution >= 0.6 is 24.0 Å². The normalized spacial score (nSPS) is 16.0. The van der Waals surface area contributed by atoms with Crippen LogP contribution in [0, 0.1) is 0 Å². The van der Waals surface area contributed by atoms with Crippen molar-refractivity contribution in [2.45, 2.75) is 51.3 Å². The lowest BCUT2D eigenvalue weighted by Crippen LogP contribution is -2.39. The minimum absolute atomic E-state index is 0. The molecule has 1 saturated heterocycles. The van der Waals surface area contributed by atoms with E-state index < -0.39 is 9.84 Å². The number of nitrogens with one attached hydrogen (secondary N) is 2. The number of likely N-dealkylation sites (tertiary alicyclic amines) is 1. The summed E-state index contributed by atoms with van der Waals surface area (Å²) in [6.07, 6.45) is 7.79. The van der Waals surface area contributed by atoms with Crippen molar-refractivity contribution in [3.05, 3.63) is 35.4 Å². The maximum Gasteiger partial charge on any atom is 0.191 e. The summed E-state index contributed by atoms with van der Waals surface area (Å²) in [4.78, 5) is 7.23. The second kappa shape index (κ2) is 14.2. The Labute approximate surface area is 193 Å². The molecule has 1 fully saturated rings. The van der Waals surface area contributed by atoms with Crippen molar-refractivity contribution in [2.24, 2.45) is 4.99 Å². The highest BCUT2D eigenvalue weighted by Crippen LogP contribution is 2.10. The molecule has 0 radical (unpaired) electrons. The van der Waals surface area contributed by atoms with E-state index >= 15 is 0 Å². The average Bonchev–Trinajstić information content (AvgIpc) is 2.92. The van der Waals surface area contributed by atoms with Gasteiger partial charge in [0.1, 0.15) is 0 Å². The Morgan fingerprint density at radius 1 is 1.03 bits per heavy atom. The van der Waals surface area contributed by atoms with Gasteiger partial charge in [0.25, 0.3) is 0 Å². The Bertz CT molecular complexity index is 700. The summed E-state index contributed by atoms with van der Waals surface area (Å²) in [7, 11) is -3.00. The van der Waals surface area contributed by atoms with Gasteiger partial charge in [0.05, 0.1) is 12.3 Å². The monoisotopic (exact) mass is 536 g/mol. The van der Waals surface area contributed by atoms with Gasteiger partial charge in [-0.2, -0.15) is 0 Å². The quantitative estimate of drug-likeness (QED) is 0.220. The van der Waals surface area contributed by atoms with Gasteiger partial charge in [-0.05, 0) is 56.9 Å². The third kappa shape index (κ3) is 11.8. The number of hydrogen-bond acceptors (Lipinski definition) is 4. The molecular weight excluding hydrogens is 499 g/mol. The molecule has 8 heteroatoms. The van der Waals surface area contributed by atoms with E-state index in [9.17, 15) is 8.42 Å². The van der Waals surface area contributed by atoms with Crippen molar-refractivity contribution < 1.29 is 8.42 Å². The van der Waals surface area contributed by atoms with Gasteiger partial charge in [-0.3, -0.25) is 0 Å². The second-order valence-electron chi connectivity index (χ2n) is 7.62. The first-order valence-electron chi connectivity index (χ1n) is 10.5. The van der Waals surface area contributed by atoms with Crippen molar-refractivity contribution in [3.63, 3.8) is 0 Å². The van der Waals surface area contributed by atoms with Gasteiger partial charge >= 0.3 is 0 Å². The average molecular weight is 537 g/mol. The third-order valence-corrected chi connectivity index (χ3v) is 5.72. The molecule has 0 spiro atoms. The van der Waals surface area contributed by atoms with Gasteiger partial charge in [0.2, 0.25) is 0 Å². The number of sulfone groups is 1. The smallest absolute Gasteiger partial charge is 0.191 e. The highest BCUT2D eigenvalue weighted by molar-refractivity contribution is 14.0. The van der Waals surface area contributed by atoms with E-state index in [-0.39, 0.29) is 29.7 Å². The van der Waals surface area contributed by atoms with Crippen LogP contribution in [0.2, 0.25) is 0 Å². The molecule has 1 aliphatic heterocycles. The fourth-order valence-corrected chi connectivity index (χ4v) is 4.22. The lowest BCUT2D eigenvalue weighted by molar-refractivity contribution is 0.282. The number of guanidine groups is 1. The van der Waals surface area contributed by atoms with Crippen molar-refractivity contribution in [3.8, 4) is 0 Å². The maximum atomic E-state index is 11.4. The van der Waals surface area contributed by atoms with E-state index in [1.807, 2.05) is 24.3 Å². The molecule has 166 valence electrons. The summed E-state index contributed by atoms with van der Waals surface area (Å²) in [5.74, 6) is 0.913. The highest BCUT2D eigenvalue weighted by atomic mass is 127. The molecule has 1 heterocycles. The van der Waals surface area contributed by atoms with Crippen molar-refractivity contribution in [1.29, 1.82) is 0 Å². The van der Waals surface area contributed by atoms with Gasteiger partial charge in [0.15, 0.2) is 15.8 Å². The SMILES string of the molecule is CCNC(=NCc1ccc(CS(C)(=O)=O)cc1)NCCCN1CCCCCC1.I. The van der Waals surface area contributed by atoms with Crippen LogP contribution in [0.3, 0.4) is 0 Å². The molecule has 2 rings (SSSR count). The van der Waals surface area contributed by atoms with Gasteiger partial charge < -0.3 is 15.5 Å². The summed E-state index contributed by atoms with van der Waals surface area (Å²) in [5.41, 5.74) is 1.88. The van der Waals surface area contributed by atoms with Crippen LogP contribution in [0.5, 0.6) is 0 Å². The second-order valence-corrected chi connectivity index (χ2v) is 9.76. The molecule has 0 saturated carbocycles. The Hall–Kier alpha value is -0.870. The van der Waals surface area contributed by atoms with Crippen LogP contribution in [0.4, 0.5) is 0 Å². The number of aliphatic imine (C=N–C) groups is 1. The summed E-state index contributed by atoms with van der Waals surface area (Å²) >= 11 is 0. The number of halogens is 1. The van der Waals surface area contributed by atoms with E-state index in [0.29, 0.717) is 6.54 Å². The highest BCUT2D eigenvalue weighted by Gasteiger charge is 2.08. The van der Waals surface area contributed by atoms with Gasteiger partial charge in [-0.15, -0.1) is 24.0 Å². The number of nitrogens with zero attached hydrogens (tertiary/aromatic N) is 2. The summed E-state index contributed by atoms with van der Waals surface area (Å²) in [6, 6.07) is 7.64. The lowest BCUT2D eigenvalue weighted by atomic mass is 10.1. The van der Waals surface area contributed by atoms with Gasteiger partial charge in [0, 0.05) is 19.3 Å². The molecule has 29 heavy (non-hydrogen) atoms. The van der Waals surface area contributed by atoms with Crippen molar-refractivity contribution in [1.82, 2.24) is 15.5 Å². The van der Waals surface area contributed by atoms with E-state index in [1.54, 1.807) is 0 Å². The summed E-state index contributed by atoms with van der Waals surface area (Å²) in [6.45, 7) is 8.00. The molecule has 1 aromatic rings. The first-order valence-corrected chi connectivity index (χ1v) is 12.5. The van der Waals surface area contributed by atoms with Crippen LogP contribution in [-0.4, -0.2) is 58.3 Å². The first-order chi connectivity index (χ1) is 13.5. The molecule has 1 aliphatic rings. The molecule has 0 bridgehead atoms. The van der Waals surface area contributed by atoms with Crippen LogP contribution < -0.4 is 10.6 Å². The van der Waals surface area contributed by atoms with Gasteiger partial charge in [-0.25, -0.2) is 13.4 Å². The third-order valence-electron chi connectivity index (χ3n) is 4.86. The molecule has 0 unspecified atom stereocenters. The summed E-state index contributed by atoms with van der Waals surface area (Å²) < 4.78 is 22.7. The predicted molar refractivity (Wildman–Crippen MR) is 133 cm³/mol. The Morgan fingerprint density at radius 2 is 1.66 bits per heavy atom. The number of rotatable bonds is 9. The van der Waals surface area contributed by atoms with E-state index in [4.69, 9.17) is 0 Å². The first kappa shape index (κ1) is 26.2. The fourth-order valence-electron chi connectivity index (χ4n) is 3.42. The zero-order valence-corrected chi connectivity index (χ0v) is 21.0. The largest absolute Gasteiger partial charge is 0.357 e. The molecule has 1 aromatic carbocycles. The van der Waals surface area contributed by atoms with Crippen LogP contribution in [0.15, 0.2) is 29.3 Å². The summed E-state index contributed by atoms with van der Waals surface area (Å²) in [5, 5.41) is 6.71. The Kier molecular flexibility index (Phi) is 12.8. The number of hydrogen-bond donors (Lipinski definition) is 2. The molecule has 2 N–H and O–H groups in total. The molecule has 0 aromatic heterocycles. The Balaban J connectivity index is 0.00000420. The van der Waals surface area contributed by atoms with E-state index in [1.165, 1.54) is 45.0 Å². The fraction of sp³-hybridized carbons (Fsp3) is 0.667. The lowest BCUT2D eigenvalue weighted by Gasteiger charge is -2.20. The molecular formula is C21H37IN4O2S. The van der Waals surface area contributed by atoms with Crippen molar-refractivity contribution >= 4 is 39.8 Å². The van der Waals surface area contributed by atoms with Gasteiger partial charge in [-0.1, -0.05) is 37.1 Å². The topological polar surface area (TPSA) is 73.8 Å². The molecule has 0 atom stereocenters. The molecule has 0 aliphatic carbocycles. The minimum atomic E-state index is -3.00. The van der Waals surface area contributed by atoms with E-state index in [2.05, 4.69) is 27.4 Å². The maximum absolute atomic E-state index is 11.4. The van der Waals surface area contributed by atoms with Crippen LogP contribution in [0.1, 0.15) is 50.2 Å². The zero-order chi connectivity index (χ0) is 20.2. The Morgan fingerprint density at radius 3 is 2.24 bits per heavy atom. The van der Waals surface area contributed by atoms with Crippen LogP contribution in [-0.2, 0) is 22.1 Å². The predicted octanol–water partition coefficient (Wildman–Crippen LogP) is 3.17. The number of benzene rings is 1. The van der Waals surface area contributed by atoms with Crippen LogP contribution in [0.25, 0.3) is 0 Å². The standard InChI is InChI=1S/C21H36N4O2S.HI/c1-3-22-21(23-13-8-16-25-14-6-4-5-7-15-25)24-17-19-9-11-20(12-10-19)18-28(2,26)27;/h9-12H,3-8,13-18H2,1-2H3,(H2,22,23,24);1H.